The fraction of sp³-hybridized carbons (Fsp3) is 0.190. The second kappa shape index (κ2) is 9.13. The van der Waals surface area contributed by atoms with E-state index in [-0.39, 0.29) is 28.8 Å². The summed E-state index contributed by atoms with van der Waals surface area (Å²) in [6.45, 7) is 1.60. The number of nitriles is 1. The second-order valence-electron chi connectivity index (χ2n) is 7.19. The van der Waals surface area contributed by atoms with E-state index in [1.54, 1.807) is 12.1 Å². The van der Waals surface area contributed by atoms with Crippen LogP contribution in [-0.2, 0) is 0 Å². The first-order valence-corrected chi connectivity index (χ1v) is 10.00. The molecule has 3 heterocycles. The van der Waals surface area contributed by atoms with Crippen LogP contribution in [0.25, 0.3) is 0 Å². The summed E-state index contributed by atoms with van der Waals surface area (Å²) in [6, 6.07) is 7.66. The lowest BCUT2D eigenvalue weighted by molar-refractivity contribution is 0.200. The van der Waals surface area contributed by atoms with Gasteiger partial charge in [-0.1, -0.05) is 11.6 Å². The van der Waals surface area contributed by atoms with E-state index < -0.39 is 5.82 Å². The van der Waals surface area contributed by atoms with Gasteiger partial charge in [0.25, 0.3) is 0 Å². The molecule has 1 fully saturated rings. The van der Waals surface area contributed by atoms with Gasteiger partial charge in [0.15, 0.2) is 0 Å². The summed E-state index contributed by atoms with van der Waals surface area (Å²) in [5, 5.41) is 31.8. The van der Waals surface area contributed by atoms with Crippen LogP contribution in [0.15, 0.2) is 36.8 Å². The fourth-order valence-corrected chi connectivity index (χ4v) is 3.50. The molecule has 1 saturated heterocycles. The first-order chi connectivity index (χ1) is 15.5. The van der Waals surface area contributed by atoms with Gasteiger partial charge in [-0.05, 0) is 12.1 Å². The van der Waals surface area contributed by atoms with Crippen LogP contribution in [0.3, 0.4) is 0 Å². The van der Waals surface area contributed by atoms with Gasteiger partial charge in [0.05, 0.1) is 28.0 Å². The van der Waals surface area contributed by atoms with Crippen molar-refractivity contribution in [2.75, 3.05) is 35.2 Å². The highest BCUT2D eigenvalue weighted by molar-refractivity contribution is 6.33. The van der Waals surface area contributed by atoms with E-state index in [0.717, 1.165) is 31.2 Å². The quantitative estimate of drug-likeness (QED) is 0.400. The van der Waals surface area contributed by atoms with Crippen molar-refractivity contribution < 1.29 is 9.50 Å². The van der Waals surface area contributed by atoms with Gasteiger partial charge in [0, 0.05) is 55.7 Å². The largest absolute Gasteiger partial charge is 0.396 e. The molecule has 32 heavy (non-hydrogen) atoms. The molecule has 0 radical (unpaired) electrons. The number of halogens is 2. The van der Waals surface area contributed by atoms with Gasteiger partial charge in [-0.15, -0.1) is 0 Å². The van der Waals surface area contributed by atoms with Crippen LogP contribution in [0.4, 0.5) is 33.2 Å². The third-order valence-electron chi connectivity index (χ3n) is 4.97. The Labute approximate surface area is 188 Å². The lowest BCUT2D eigenvalue weighted by Gasteiger charge is -2.39. The molecule has 0 amide bonds. The van der Waals surface area contributed by atoms with Crippen molar-refractivity contribution in [3.05, 3.63) is 58.8 Å². The third-order valence-corrected chi connectivity index (χ3v) is 5.27. The molecule has 3 aromatic rings. The molecular formula is C21H18ClFN8O. The molecule has 0 atom stereocenters. The van der Waals surface area contributed by atoms with Gasteiger partial charge >= 0.3 is 0 Å². The Morgan fingerprint density at radius 2 is 2.00 bits per heavy atom. The van der Waals surface area contributed by atoms with E-state index in [2.05, 4.69) is 25.6 Å². The summed E-state index contributed by atoms with van der Waals surface area (Å²) in [5.41, 5.74) is 0.904. The molecule has 0 saturated carbocycles. The van der Waals surface area contributed by atoms with E-state index in [9.17, 15) is 9.50 Å². The van der Waals surface area contributed by atoms with Gasteiger partial charge in [0.1, 0.15) is 29.6 Å². The zero-order valence-electron chi connectivity index (χ0n) is 16.7. The van der Waals surface area contributed by atoms with Crippen molar-refractivity contribution in [3.63, 3.8) is 0 Å². The Morgan fingerprint density at radius 3 is 2.69 bits per heavy atom. The van der Waals surface area contributed by atoms with Crippen molar-refractivity contribution in [2.45, 2.75) is 0 Å². The summed E-state index contributed by atoms with van der Waals surface area (Å²) in [7, 11) is 0. The Balaban J connectivity index is 1.57. The number of rotatable bonds is 7. The van der Waals surface area contributed by atoms with Gasteiger partial charge in [-0.25, -0.2) is 19.3 Å². The van der Waals surface area contributed by atoms with Gasteiger partial charge in [-0.2, -0.15) is 5.26 Å². The first-order valence-electron chi connectivity index (χ1n) is 9.62. The van der Waals surface area contributed by atoms with Crippen molar-refractivity contribution >= 4 is 46.6 Å². The molecule has 0 unspecified atom stereocenters. The fourth-order valence-electron chi connectivity index (χ4n) is 3.24. The number of nitrogens with zero attached hydrogens (tertiary/aromatic N) is 5. The summed E-state index contributed by atoms with van der Waals surface area (Å²) < 4.78 is 14.5. The van der Waals surface area contributed by atoms with Crippen molar-refractivity contribution in [1.29, 1.82) is 10.7 Å². The van der Waals surface area contributed by atoms with Crippen molar-refractivity contribution in [3.8, 4) is 6.07 Å². The number of hydrogen-bond acceptors (Lipinski definition) is 9. The highest BCUT2D eigenvalue weighted by atomic mass is 35.5. The average molecular weight is 453 g/mol. The Hall–Kier alpha value is -3.81. The molecule has 162 valence electrons. The molecule has 2 aromatic heterocycles. The zero-order valence-corrected chi connectivity index (χ0v) is 17.4. The molecule has 0 bridgehead atoms. The van der Waals surface area contributed by atoms with Crippen molar-refractivity contribution in [2.24, 2.45) is 5.92 Å². The maximum atomic E-state index is 14.5. The van der Waals surface area contributed by atoms with E-state index in [0.29, 0.717) is 22.9 Å². The van der Waals surface area contributed by atoms with E-state index in [4.69, 9.17) is 22.3 Å². The number of nitrogens with one attached hydrogen (secondary N) is 3. The molecule has 4 rings (SSSR count). The molecule has 4 N–H and O–H groups in total. The minimum atomic E-state index is -0.688. The topological polar surface area (TPSA) is 134 Å². The highest BCUT2D eigenvalue weighted by Gasteiger charge is 2.27. The SMILES string of the molecule is N#Cc1cc(F)c(Nc2cc(Nc3cc(N4CC(CO)C4)ncn3)ncc2C=N)c(Cl)c1. The second-order valence-corrected chi connectivity index (χ2v) is 7.60. The maximum Gasteiger partial charge on any atom is 0.149 e. The third kappa shape index (κ3) is 4.44. The van der Waals surface area contributed by atoms with Crippen LogP contribution in [0.5, 0.6) is 0 Å². The highest BCUT2D eigenvalue weighted by Crippen LogP contribution is 2.32. The molecule has 9 nitrogen and oxygen atoms in total. The summed E-state index contributed by atoms with van der Waals surface area (Å²) in [5.74, 6) is 1.20. The van der Waals surface area contributed by atoms with E-state index >= 15 is 0 Å². The van der Waals surface area contributed by atoms with Crippen LogP contribution in [0.2, 0.25) is 5.02 Å². The minimum absolute atomic E-state index is 0.00791. The number of hydrogen-bond donors (Lipinski definition) is 4. The predicted octanol–water partition coefficient (Wildman–Crippen LogP) is 3.45. The molecule has 1 aliphatic heterocycles. The van der Waals surface area contributed by atoms with Crippen LogP contribution in [-0.4, -0.2) is 46.0 Å². The lowest BCUT2D eigenvalue weighted by Crippen LogP contribution is -2.48. The van der Waals surface area contributed by atoms with E-state index in [1.807, 2.05) is 11.0 Å². The number of anilines is 5. The van der Waals surface area contributed by atoms with Gasteiger partial charge in [-0.3, -0.25) is 0 Å². The Kier molecular flexibility index (Phi) is 6.11. The first kappa shape index (κ1) is 21.4. The maximum absolute atomic E-state index is 14.5. The smallest absolute Gasteiger partial charge is 0.149 e. The van der Waals surface area contributed by atoms with E-state index in [1.165, 1.54) is 18.6 Å². The molecule has 1 aliphatic rings. The summed E-state index contributed by atoms with van der Waals surface area (Å²) in [4.78, 5) is 14.8. The number of aliphatic hydroxyl groups excluding tert-OH is 1. The van der Waals surface area contributed by atoms with Gasteiger partial charge in [0.2, 0.25) is 0 Å². The summed E-state index contributed by atoms with van der Waals surface area (Å²) >= 11 is 6.14. The normalized spacial score (nSPS) is 13.2. The Bertz CT molecular complexity index is 1190. The minimum Gasteiger partial charge on any atom is -0.396 e. The number of aromatic nitrogens is 3. The van der Waals surface area contributed by atoms with Gasteiger partial charge < -0.3 is 26.0 Å². The molecule has 11 heteroatoms. The standard InChI is InChI=1S/C21H18ClFN8O/c22-15-1-12(5-24)2-16(23)21(15)29-17-3-18(26-7-14(17)6-25)30-19-4-20(28-11-27-19)31-8-13(9-31)10-32/h1-4,6-7,11,13,25,32H,8-10H2,(H2,26,27,28,29,30). The number of pyridine rings is 1. The molecule has 0 spiro atoms. The van der Waals surface area contributed by atoms with Crippen LogP contribution in [0.1, 0.15) is 11.1 Å². The van der Waals surface area contributed by atoms with Crippen LogP contribution < -0.4 is 15.5 Å². The summed E-state index contributed by atoms with van der Waals surface area (Å²) in [6.07, 6.45) is 3.97. The van der Waals surface area contributed by atoms with Crippen LogP contribution >= 0.6 is 11.6 Å². The predicted molar refractivity (Wildman–Crippen MR) is 120 cm³/mol. The molecular weight excluding hydrogens is 435 g/mol. The number of benzene rings is 1. The van der Waals surface area contributed by atoms with Crippen LogP contribution in [0, 0.1) is 28.5 Å². The van der Waals surface area contributed by atoms with Crippen molar-refractivity contribution in [1.82, 2.24) is 15.0 Å². The monoisotopic (exact) mass is 452 g/mol. The Morgan fingerprint density at radius 1 is 1.22 bits per heavy atom. The zero-order chi connectivity index (χ0) is 22.7. The average Bonchev–Trinajstić information content (AvgIpc) is 2.76. The number of aliphatic hydroxyl groups is 1. The lowest BCUT2D eigenvalue weighted by atomic mass is 10.0. The molecule has 0 aliphatic carbocycles. The molecule has 1 aromatic carbocycles.